The van der Waals surface area contributed by atoms with Crippen molar-refractivity contribution in [3.8, 4) is 5.75 Å². The molecule has 0 aliphatic rings. The minimum atomic E-state index is -7.01. The summed E-state index contributed by atoms with van der Waals surface area (Å²) < 4.78 is 122. The van der Waals surface area contributed by atoms with E-state index in [9.17, 15) is 44.6 Å². The molecule has 2 nitrogen and oxygen atoms in total. The fraction of sp³-hybridized carbons (Fsp3) is 0.625. The van der Waals surface area contributed by atoms with Gasteiger partial charge in [0.25, 0.3) is 0 Å². The van der Waals surface area contributed by atoms with E-state index in [0.717, 1.165) is 6.07 Å². The lowest BCUT2D eigenvalue weighted by molar-refractivity contribution is -0.400. The minimum Gasteiger partial charge on any atom is -0.491 e. The van der Waals surface area contributed by atoms with Crippen LogP contribution in [0.25, 0.3) is 0 Å². The molecule has 0 bridgehead atoms. The van der Waals surface area contributed by atoms with E-state index in [1.54, 1.807) is 0 Å². The summed E-state index contributed by atoms with van der Waals surface area (Å²) in [7, 11) is 0. The molecule has 11 heteroatoms. The number of alkyl halides is 9. The van der Waals surface area contributed by atoms with E-state index in [-0.39, 0.29) is 5.75 Å². The molecular weight excluding hydrogens is 395 g/mol. The van der Waals surface area contributed by atoms with Crippen molar-refractivity contribution in [2.24, 2.45) is 0 Å². The van der Waals surface area contributed by atoms with Crippen molar-refractivity contribution < 1.29 is 49.4 Å². The van der Waals surface area contributed by atoms with Crippen LogP contribution in [0.3, 0.4) is 0 Å². The summed E-state index contributed by atoms with van der Waals surface area (Å²) in [4.78, 5) is 0. The predicted octanol–water partition coefficient (Wildman–Crippen LogP) is 5.54. The smallest absolute Gasteiger partial charge is 0.460 e. The van der Waals surface area contributed by atoms with Gasteiger partial charge in [0.15, 0.2) is 0 Å². The topological polar surface area (TPSA) is 29.5 Å². The van der Waals surface area contributed by atoms with E-state index >= 15 is 0 Å². The van der Waals surface area contributed by atoms with Gasteiger partial charge >= 0.3 is 23.9 Å². The van der Waals surface area contributed by atoms with Crippen LogP contribution in [-0.4, -0.2) is 35.2 Å². The van der Waals surface area contributed by atoms with Crippen LogP contribution in [0.1, 0.15) is 32.8 Å². The lowest BCUT2D eigenvalue weighted by atomic mass is 9.85. The molecule has 1 aromatic carbocycles. The predicted molar refractivity (Wildman–Crippen MR) is 77.3 cm³/mol. The van der Waals surface area contributed by atoms with Gasteiger partial charge in [-0.05, 0) is 26.8 Å². The zero-order valence-corrected chi connectivity index (χ0v) is 14.4. The Morgan fingerprint density at radius 3 is 1.81 bits per heavy atom. The standard InChI is InChI=1S/C16H17F9O2/c1-9(2)27-11-7-5-4-6-10(11)12(3,26)8-13(17,18)14(19,20)15(21,22)16(23,24)25/h4-7,9,26H,8H2,1-3H3. The molecule has 0 saturated heterocycles. The average molecular weight is 412 g/mol. The van der Waals surface area contributed by atoms with E-state index in [0.29, 0.717) is 6.92 Å². The third-order valence-corrected chi connectivity index (χ3v) is 3.61. The largest absolute Gasteiger partial charge is 0.491 e. The minimum absolute atomic E-state index is 0.209. The maximum Gasteiger partial charge on any atom is 0.460 e. The lowest BCUT2D eigenvalue weighted by Gasteiger charge is -2.37. The molecule has 1 unspecified atom stereocenters. The highest BCUT2D eigenvalue weighted by molar-refractivity contribution is 5.38. The maximum absolute atomic E-state index is 13.9. The average Bonchev–Trinajstić information content (AvgIpc) is 2.44. The Bertz CT molecular complexity index is 652. The zero-order chi connectivity index (χ0) is 21.5. The van der Waals surface area contributed by atoms with Gasteiger partial charge in [0.1, 0.15) is 5.75 Å². The fourth-order valence-electron chi connectivity index (χ4n) is 2.31. The van der Waals surface area contributed by atoms with Gasteiger partial charge in [-0.15, -0.1) is 0 Å². The number of benzene rings is 1. The van der Waals surface area contributed by atoms with Gasteiger partial charge in [-0.2, -0.15) is 39.5 Å². The number of para-hydroxylation sites is 1. The number of halogens is 9. The zero-order valence-electron chi connectivity index (χ0n) is 14.4. The van der Waals surface area contributed by atoms with Crippen molar-refractivity contribution >= 4 is 0 Å². The molecule has 0 amide bonds. The summed E-state index contributed by atoms with van der Waals surface area (Å²) in [6.45, 7) is 3.64. The summed E-state index contributed by atoms with van der Waals surface area (Å²) in [6, 6.07) is 4.79. The summed E-state index contributed by atoms with van der Waals surface area (Å²) in [5, 5.41) is 10.2. The Labute approximate surface area is 148 Å². The molecule has 1 aromatic rings. The van der Waals surface area contributed by atoms with Crippen molar-refractivity contribution in [1.29, 1.82) is 0 Å². The monoisotopic (exact) mass is 412 g/mol. The van der Waals surface area contributed by atoms with Crippen LogP contribution in [0.5, 0.6) is 5.75 Å². The Hall–Kier alpha value is -1.65. The van der Waals surface area contributed by atoms with Crippen LogP contribution in [0, 0.1) is 0 Å². The normalized spacial score (nSPS) is 16.4. The molecule has 0 aliphatic carbocycles. The molecule has 27 heavy (non-hydrogen) atoms. The van der Waals surface area contributed by atoms with E-state index in [1.807, 2.05) is 0 Å². The summed E-state index contributed by atoms with van der Waals surface area (Å²) in [5.41, 5.74) is -3.37. The number of hydrogen-bond donors (Lipinski definition) is 1. The van der Waals surface area contributed by atoms with Crippen molar-refractivity contribution in [3.05, 3.63) is 29.8 Å². The first-order valence-electron chi connectivity index (χ1n) is 7.55. The number of ether oxygens (including phenoxy) is 1. The van der Waals surface area contributed by atoms with Crippen LogP contribution >= 0.6 is 0 Å². The molecule has 0 aliphatic heterocycles. The second-order valence-corrected chi connectivity index (χ2v) is 6.46. The molecule has 0 spiro atoms. The van der Waals surface area contributed by atoms with Crippen molar-refractivity contribution in [3.63, 3.8) is 0 Å². The van der Waals surface area contributed by atoms with E-state index in [2.05, 4.69) is 0 Å². The van der Waals surface area contributed by atoms with Crippen molar-refractivity contribution in [2.45, 2.75) is 62.8 Å². The Balaban J connectivity index is 3.32. The molecule has 1 atom stereocenters. The van der Waals surface area contributed by atoms with Crippen LogP contribution in [0.2, 0.25) is 0 Å². The number of hydrogen-bond acceptors (Lipinski definition) is 2. The second-order valence-electron chi connectivity index (χ2n) is 6.46. The molecule has 0 radical (unpaired) electrons. The van der Waals surface area contributed by atoms with Gasteiger partial charge in [-0.1, -0.05) is 18.2 Å². The Morgan fingerprint density at radius 2 is 1.37 bits per heavy atom. The fourth-order valence-corrected chi connectivity index (χ4v) is 2.31. The number of rotatable bonds is 7. The molecule has 0 aromatic heterocycles. The highest BCUT2D eigenvalue weighted by atomic mass is 19.4. The SMILES string of the molecule is CC(C)Oc1ccccc1C(C)(O)CC(F)(F)C(F)(F)C(F)(F)C(F)(F)F. The molecule has 1 rings (SSSR count). The number of aliphatic hydroxyl groups is 1. The first-order chi connectivity index (χ1) is 11.9. The first kappa shape index (κ1) is 23.4. The van der Waals surface area contributed by atoms with Gasteiger partial charge < -0.3 is 9.84 Å². The van der Waals surface area contributed by atoms with E-state index < -0.39 is 47.6 Å². The summed E-state index contributed by atoms with van der Waals surface area (Å²) >= 11 is 0. The Morgan fingerprint density at radius 1 is 0.889 bits per heavy atom. The Kier molecular flexibility index (Phi) is 6.12. The molecule has 0 saturated carbocycles. The highest BCUT2D eigenvalue weighted by Gasteiger charge is 2.82. The first-order valence-corrected chi connectivity index (χ1v) is 7.55. The highest BCUT2D eigenvalue weighted by Crippen LogP contribution is 2.56. The third-order valence-electron chi connectivity index (χ3n) is 3.61. The molecule has 0 fully saturated rings. The summed E-state index contributed by atoms with van der Waals surface area (Å²) in [5.74, 6) is -19.9. The van der Waals surface area contributed by atoms with Gasteiger partial charge in [0.05, 0.1) is 18.1 Å². The molecule has 0 heterocycles. The van der Waals surface area contributed by atoms with Gasteiger partial charge in [-0.25, -0.2) is 0 Å². The van der Waals surface area contributed by atoms with E-state index in [4.69, 9.17) is 4.74 Å². The van der Waals surface area contributed by atoms with Gasteiger partial charge in [-0.3, -0.25) is 0 Å². The summed E-state index contributed by atoms with van der Waals surface area (Å²) in [6.07, 6.45) is -9.85. The van der Waals surface area contributed by atoms with Gasteiger partial charge in [0.2, 0.25) is 0 Å². The van der Waals surface area contributed by atoms with Crippen LogP contribution in [0.4, 0.5) is 39.5 Å². The lowest BCUT2D eigenvalue weighted by Crippen LogP contribution is -2.62. The molecule has 156 valence electrons. The van der Waals surface area contributed by atoms with Gasteiger partial charge in [0, 0.05) is 5.56 Å². The quantitative estimate of drug-likeness (QED) is 0.596. The molecule has 1 N–H and O–H groups in total. The third kappa shape index (κ3) is 4.44. The second kappa shape index (κ2) is 7.06. The van der Waals surface area contributed by atoms with Crippen LogP contribution in [-0.2, 0) is 5.60 Å². The van der Waals surface area contributed by atoms with Crippen molar-refractivity contribution in [1.82, 2.24) is 0 Å². The van der Waals surface area contributed by atoms with Crippen LogP contribution in [0.15, 0.2) is 24.3 Å². The maximum atomic E-state index is 13.9. The van der Waals surface area contributed by atoms with Crippen LogP contribution < -0.4 is 4.74 Å². The molecular formula is C16H17F9O2. The van der Waals surface area contributed by atoms with E-state index in [1.165, 1.54) is 32.0 Å². The van der Waals surface area contributed by atoms with Crippen molar-refractivity contribution in [2.75, 3.05) is 0 Å².